The molecule has 1 N–H and O–H groups in total. The number of nitrogens with zero attached hydrogens (tertiary/aromatic N) is 2. The molecular weight excluding hydrogens is 206 g/mol. The fourth-order valence-electron chi connectivity index (χ4n) is 1.36. The molecule has 82 valence electrons. The van der Waals surface area contributed by atoms with Crippen LogP contribution in [0.4, 0.5) is 5.69 Å². The smallest absolute Gasteiger partial charge is 0.269 e. The van der Waals surface area contributed by atoms with Gasteiger partial charge in [-0.15, -0.1) is 0 Å². The number of nitro groups is 1. The van der Waals surface area contributed by atoms with Crippen LogP contribution in [0.3, 0.4) is 0 Å². The van der Waals surface area contributed by atoms with E-state index >= 15 is 0 Å². The Balaban J connectivity index is 1.98. The molecule has 0 aliphatic heterocycles. The fourth-order valence-corrected chi connectivity index (χ4v) is 1.36. The van der Waals surface area contributed by atoms with Gasteiger partial charge in [0.1, 0.15) is 0 Å². The van der Waals surface area contributed by atoms with E-state index in [2.05, 4.69) is 5.43 Å². The molecule has 16 heavy (non-hydrogen) atoms. The third-order valence-electron chi connectivity index (χ3n) is 2.22. The highest BCUT2D eigenvalue weighted by atomic mass is 16.6. The number of rotatable bonds is 4. The molecule has 1 heterocycles. The minimum absolute atomic E-state index is 0.115. The van der Waals surface area contributed by atoms with Crippen molar-refractivity contribution in [2.24, 2.45) is 0 Å². The van der Waals surface area contributed by atoms with Gasteiger partial charge in [0.25, 0.3) is 5.69 Å². The molecule has 0 amide bonds. The number of aromatic nitrogens is 1. The van der Waals surface area contributed by atoms with Gasteiger partial charge in [0.2, 0.25) is 0 Å². The molecule has 0 spiro atoms. The predicted molar refractivity (Wildman–Crippen MR) is 60.6 cm³/mol. The zero-order chi connectivity index (χ0) is 11.4. The van der Waals surface area contributed by atoms with Gasteiger partial charge in [0.15, 0.2) is 0 Å². The van der Waals surface area contributed by atoms with Gasteiger partial charge in [-0.2, -0.15) is 0 Å². The lowest BCUT2D eigenvalue weighted by molar-refractivity contribution is -0.384. The summed E-state index contributed by atoms with van der Waals surface area (Å²) in [6, 6.07) is 10.3. The SMILES string of the molecule is O=[N+]([O-])c1ccc(CNn2cccc2)cc1. The van der Waals surface area contributed by atoms with E-state index in [0.717, 1.165) is 5.56 Å². The minimum atomic E-state index is -0.400. The van der Waals surface area contributed by atoms with Crippen molar-refractivity contribution in [1.82, 2.24) is 4.68 Å². The average molecular weight is 217 g/mol. The minimum Gasteiger partial charge on any atom is -0.322 e. The number of benzene rings is 1. The summed E-state index contributed by atoms with van der Waals surface area (Å²) in [6.45, 7) is 0.632. The first-order valence-electron chi connectivity index (χ1n) is 4.86. The van der Waals surface area contributed by atoms with Gasteiger partial charge in [0, 0.05) is 24.5 Å². The van der Waals surface area contributed by atoms with Crippen molar-refractivity contribution in [1.29, 1.82) is 0 Å². The summed E-state index contributed by atoms with van der Waals surface area (Å²) in [5.74, 6) is 0. The van der Waals surface area contributed by atoms with Crippen molar-refractivity contribution < 1.29 is 4.92 Å². The summed E-state index contributed by atoms with van der Waals surface area (Å²) in [6.07, 6.45) is 3.79. The van der Waals surface area contributed by atoms with Crippen LogP contribution in [0, 0.1) is 10.1 Å². The number of nitrogens with one attached hydrogen (secondary N) is 1. The Hall–Kier alpha value is -2.30. The van der Waals surface area contributed by atoms with Crippen LogP contribution in [0.25, 0.3) is 0 Å². The third-order valence-corrected chi connectivity index (χ3v) is 2.22. The predicted octanol–water partition coefficient (Wildman–Crippen LogP) is 2.14. The van der Waals surface area contributed by atoms with Crippen molar-refractivity contribution in [3.63, 3.8) is 0 Å². The Morgan fingerprint density at radius 1 is 1.19 bits per heavy atom. The van der Waals surface area contributed by atoms with Gasteiger partial charge in [-0.05, 0) is 17.7 Å². The van der Waals surface area contributed by atoms with Gasteiger partial charge >= 0.3 is 0 Å². The normalized spacial score (nSPS) is 10.0. The van der Waals surface area contributed by atoms with Crippen LogP contribution < -0.4 is 5.43 Å². The van der Waals surface area contributed by atoms with E-state index in [4.69, 9.17) is 0 Å². The molecule has 5 nitrogen and oxygen atoms in total. The van der Waals surface area contributed by atoms with E-state index in [9.17, 15) is 10.1 Å². The average Bonchev–Trinajstić information content (AvgIpc) is 2.80. The Morgan fingerprint density at radius 2 is 1.81 bits per heavy atom. The van der Waals surface area contributed by atoms with Gasteiger partial charge in [-0.3, -0.25) is 14.8 Å². The molecule has 0 aliphatic rings. The van der Waals surface area contributed by atoms with E-state index in [-0.39, 0.29) is 5.69 Å². The van der Waals surface area contributed by atoms with Crippen molar-refractivity contribution in [3.8, 4) is 0 Å². The van der Waals surface area contributed by atoms with E-state index in [1.54, 1.807) is 12.1 Å². The second kappa shape index (κ2) is 4.48. The first kappa shape index (κ1) is 10.2. The van der Waals surface area contributed by atoms with Crippen LogP contribution in [0.5, 0.6) is 0 Å². The molecule has 0 saturated carbocycles. The van der Waals surface area contributed by atoms with Gasteiger partial charge in [-0.1, -0.05) is 12.1 Å². The van der Waals surface area contributed by atoms with Crippen LogP contribution in [-0.4, -0.2) is 9.60 Å². The Morgan fingerprint density at radius 3 is 2.38 bits per heavy atom. The summed E-state index contributed by atoms with van der Waals surface area (Å²) >= 11 is 0. The first-order valence-corrected chi connectivity index (χ1v) is 4.86. The number of hydrogen-bond donors (Lipinski definition) is 1. The molecule has 0 radical (unpaired) electrons. The van der Waals surface area contributed by atoms with Crippen LogP contribution in [-0.2, 0) is 6.54 Å². The zero-order valence-electron chi connectivity index (χ0n) is 8.54. The van der Waals surface area contributed by atoms with Crippen LogP contribution >= 0.6 is 0 Å². The zero-order valence-corrected chi connectivity index (χ0v) is 8.54. The van der Waals surface area contributed by atoms with E-state index < -0.39 is 4.92 Å². The molecule has 0 unspecified atom stereocenters. The van der Waals surface area contributed by atoms with Gasteiger partial charge in [0.05, 0.1) is 11.5 Å². The number of nitro benzene ring substituents is 1. The quantitative estimate of drug-likeness (QED) is 0.630. The number of hydrogen-bond acceptors (Lipinski definition) is 3. The maximum absolute atomic E-state index is 10.4. The largest absolute Gasteiger partial charge is 0.322 e. The van der Waals surface area contributed by atoms with Crippen LogP contribution in [0.1, 0.15) is 5.56 Å². The van der Waals surface area contributed by atoms with Crippen molar-refractivity contribution in [2.45, 2.75) is 6.54 Å². The van der Waals surface area contributed by atoms with Crippen molar-refractivity contribution >= 4 is 5.69 Å². The topological polar surface area (TPSA) is 60.1 Å². The summed E-state index contributed by atoms with van der Waals surface area (Å²) in [4.78, 5) is 10.0. The Kier molecular flexibility index (Phi) is 2.86. The summed E-state index contributed by atoms with van der Waals surface area (Å²) in [5, 5.41) is 10.4. The Labute approximate surface area is 92.4 Å². The molecule has 2 rings (SSSR count). The maximum atomic E-state index is 10.4. The molecule has 0 bridgehead atoms. The second-order valence-corrected chi connectivity index (χ2v) is 3.35. The summed E-state index contributed by atoms with van der Waals surface area (Å²) in [5.41, 5.74) is 4.25. The molecule has 0 fully saturated rings. The van der Waals surface area contributed by atoms with Crippen molar-refractivity contribution in [2.75, 3.05) is 5.43 Å². The first-order chi connectivity index (χ1) is 7.75. The molecule has 0 atom stereocenters. The van der Waals surface area contributed by atoms with E-state index in [1.807, 2.05) is 29.2 Å². The third kappa shape index (κ3) is 2.38. The van der Waals surface area contributed by atoms with Crippen molar-refractivity contribution in [3.05, 3.63) is 64.5 Å². The molecule has 0 saturated heterocycles. The highest BCUT2D eigenvalue weighted by Crippen LogP contribution is 2.11. The molecule has 1 aromatic carbocycles. The highest BCUT2D eigenvalue weighted by Gasteiger charge is 2.03. The Bertz CT molecular complexity index is 462. The lowest BCUT2D eigenvalue weighted by Gasteiger charge is -2.06. The van der Waals surface area contributed by atoms with Gasteiger partial charge < -0.3 is 5.43 Å². The maximum Gasteiger partial charge on any atom is 0.269 e. The lowest BCUT2D eigenvalue weighted by Crippen LogP contribution is -2.11. The standard InChI is InChI=1S/C11H11N3O2/c15-14(16)11-5-3-10(4-6-11)9-12-13-7-1-2-8-13/h1-8,12H,9H2. The highest BCUT2D eigenvalue weighted by molar-refractivity contribution is 5.33. The summed E-state index contributed by atoms with van der Waals surface area (Å²) < 4.78 is 1.83. The molecule has 0 aliphatic carbocycles. The molecule has 2 aromatic rings. The molecular formula is C11H11N3O2. The van der Waals surface area contributed by atoms with E-state index in [0.29, 0.717) is 6.54 Å². The second-order valence-electron chi connectivity index (χ2n) is 3.35. The molecule has 1 aromatic heterocycles. The van der Waals surface area contributed by atoms with Crippen LogP contribution in [0.2, 0.25) is 0 Å². The van der Waals surface area contributed by atoms with Gasteiger partial charge in [-0.25, -0.2) is 0 Å². The summed E-state index contributed by atoms with van der Waals surface area (Å²) in [7, 11) is 0. The lowest BCUT2D eigenvalue weighted by atomic mass is 10.2. The monoisotopic (exact) mass is 217 g/mol. The number of non-ortho nitro benzene ring substituents is 1. The van der Waals surface area contributed by atoms with E-state index in [1.165, 1.54) is 12.1 Å². The molecule has 5 heteroatoms. The fraction of sp³-hybridized carbons (Fsp3) is 0.0909. The van der Waals surface area contributed by atoms with Crippen LogP contribution in [0.15, 0.2) is 48.8 Å².